The Hall–Kier alpha value is -3.83. The van der Waals surface area contributed by atoms with E-state index in [1.807, 2.05) is 24.3 Å². The van der Waals surface area contributed by atoms with Gasteiger partial charge in [0.2, 0.25) is 5.95 Å². The molecule has 0 atom stereocenters. The van der Waals surface area contributed by atoms with Gasteiger partial charge in [-0.3, -0.25) is 0 Å². The van der Waals surface area contributed by atoms with E-state index < -0.39 is 19.3 Å². The lowest BCUT2D eigenvalue weighted by atomic mass is 9.61. The Balaban J connectivity index is 0.000000517. The fourth-order valence-electron chi connectivity index (χ4n) is 5.31. The number of carbonyl (C=O) groups is 1. The van der Waals surface area contributed by atoms with E-state index in [1.165, 1.54) is 11.3 Å². The molecule has 0 radical (unpaired) electrons. The summed E-state index contributed by atoms with van der Waals surface area (Å²) in [5.41, 5.74) is 10.6. The van der Waals surface area contributed by atoms with Gasteiger partial charge in [-0.1, -0.05) is 12.1 Å². The summed E-state index contributed by atoms with van der Waals surface area (Å²) in [7, 11) is -0.906. The number of hydrogen-bond acceptors (Lipinski definition) is 9. The fourth-order valence-corrected chi connectivity index (χ4v) is 6.46. The number of nitrogens with zero attached hydrogens (tertiary/aromatic N) is 3. The van der Waals surface area contributed by atoms with Gasteiger partial charge in [-0.2, -0.15) is 18.2 Å². The first-order valence-corrected chi connectivity index (χ1v) is 15.7. The minimum Gasteiger partial charge on any atom is -0.491 e. The Bertz CT molecular complexity index is 1500. The van der Waals surface area contributed by atoms with Gasteiger partial charge in [0.15, 0.2) is 11.6 Å². The van der Waals surface area contributed by atoms with E-state index >= 15 is 0 Å². The van der Waals surface area contributed by atoms with Crippen molar-refractivity contribution in [2.24, 2.45) is 11.1 Å². The summed E-state index contributed by atoms with van der Waals surface area (Å²) in [6.45, 7) is 7.82. The van der Waals surface area contributed by atoms with E-state index in [-0.39, 0.29) is 0 Å². The van der Waals surface area contributed by atoms with Crippen molar-refractivity contribution < 1.29 is 32.4 Å². The van der Waals surface area contributed by atoms with Crippen LogP contribution in [0.25, 0.3) is 0 Å². The standard InChI is InChI=1S/C26H33N6O2P.C2HF3O2/c1-17-11-19(9-10-21(17)32-15-26(16-32)12-18(27)13-26)29-25-28-14-22(34-2)24(31-25)30-20-7-5-6-8-23(20)35(3,4)33;3-2(4,5)1(6)7/h5-11,14,18H,12-13,15-16,27H2,1-4H3,(H2,28,29,30,31);(H,6,7). The van der Waals surface area contributed by atoms with Crippen LogP contribution in [0, 0.1) is 12.3 Å². The van der Waals surface area contributed by atoms with Crippen molar-refractivity contribution in [1.82, 2.24) is 9.97 Å². The average Bonchev–Trinajstić information content (AvgIpc) is 2.86. The second-order valence-corrected chi connectivity index (χ2v) is 14.2. The Morgan fingerprint density at radius 2 is 1.81 bits per heavy atom. The van der Waals surface area contributed by atoms with Crippen LogP contribution >= 0.6 is 7.14 Å². The highest BCUT2D eigenvalue weighted by molar-refractivity contribution is 7.70. The molecule has 5 rings (SSSR count). The summed E-state index contributed by atoms with van der Waals surface area (Å²) in [4.78, 5) is 20.4. The molecule has 1 saturated carbocycles. The van der Waals surface area contributed by atoms with Gasteiger partial charge < -0.3 is 35.7 Å². The number of halogens is 3. The van der Waals surface area contributed by atoms with Crippen LogP contribution in [-0.4, -0.2) is 66.8 Å². The Morgan fingerprint density at radius 1 is 1.17 bits per heavy atom. The number of carboxylic acids is 1. The summed E-state index contributed by atoms with van der Waals surface area (Å²) >= 11 is 0. The lowest BCUT2D eigenvalue weighted by Crippen LogP contribution is -2.65. The maximum atomic E-state index is 12.8. The van der Waals surface area contributed by atoms with E-state index in [1.54, 1.807) is 26.6 Å². The average molecular weight is 607 g/mol. The zero-order valence-corrected chi connectivity index (χ0v) is 24.6. The van der Waals surface area contributed by atoms with Gasteiger partial charge >= 0.3 is 12.1 Å². The number of aliphatic carboxylic acids is 1. The zero-order chi connectivity index (χ0) is 30.9. The number of para-hydroxylation sites is 1. The van der Waals surface area contributed by atoms with E-state index in [0.29, 0.717) is 29.0 Å². The van der Waals surface area contributed by atoms with Gasteiger partial charge in [-0.15, -0.1) is 0 Å². The number of hydrogen-bond donors (Lipinski definition) is 4. The van der Waals surface area contributed by atoms with Crippen LogP contribution in [0.5, 0.6) is 5.75 Å². The van der Waals surface area contributed by atoms with E-state index in [4.69, 9.17) is 20.4 Å². The predicted molar refractivity (Wildman–Crippen MR) is 157 cm³/mol. The molecular formula is C28H34F3N6O4P. The highest BCUT2D eigenvalue weighted by Gasteiger charge is 2.51. The van der Waals surface area contributed by atoms with E-state index in [0.717, 1.165) is 42.6 Å². The molecule has 1 aromatic heterocycles. The quantitative estimate of drug-likeness (QED) is 0.269. The van der Waals surface area contributed by atoms with Crippen molar-refractivity contribution in [1.29, 1.82) is 0 Å². The number of benzene rings is 2. The number of nitrogens with one attached hydrogen (secondary N) is 2. The molecule has 1 saturated heterocycles. The molecule has 14 heteroatoms. The Morgan fingerprint density at radius 3 is 2.36 bits per heavy atom. The number of nitrogens with two attached hydrogens (primary N) is 1. The van der Waals surface area contributed by atoms with E-state index in [2.05, 4.69) is 50.6 Å². The highest BCUT2D eigenvalue weighted by atomic mass is 31.2. The van der Waals surface area contributed by atoms with Gasteiger partial charge in [0.25, 0.3) is 0 Å². The normalized spacial score (nSPS) is 16.0. The van der Waals surface area contributed by atoms with Crippen LogP contribution in [0.15, 0.2) is 48.7 Å². The predicted octanol–water partition coefficient (Wildman–Crippen LogP) is 5.09. The molecule has 226 valence electrons. The first kappa shape index (κ1) is 31.1. The number of ether oxygens (including phenoxy) is 1. The molecule has 2 aliphatic rings. The van der Waals surface area contributed by atoms with Gasteiger partial charge in [0, 0.05) is 41.2 Å². The molecule has 3 aromatic rings. The number of alkyl halides is 3. The summed E-state index contributed by atoms with van der Waals surface area (Å²) in [5.74, 6) is -1.31. The monoisotopic (exact) mass is 606 g/mol. The zero-order valence-electron chi connectivity index (χ0n) is 23.7. The summed E-state index contributed by atoms with van der Waals surface area (Å²) in [5, 5.41) is 14.5. The molecule has 2 aromatic carbocycles. The molecule has 0 unspecified atom stereocenters. The Labute approximate surface area is 241 Å². The first-order chi connectivity index (χ1) is 19.6. The number of rotatable bonds is 7. The van der Waals surface area contributed by atoms with Crippen molar-refractivity contribution in [3.05, 3.63) is 54.2 Å². The van der Waals surface area contributed by atoms with Crippen LogP contribution in [-0.2, 0) is 9.36 Å². The molecule has 0 bridgehead atoms. The number of aryl methyl sites for hydroxylation is 1. The molecule has 1 aliphatic carbocycles. The first-order valence-electron chi connectivity index (χ1n) is 13.1. The third kappa shape index (κ3) is 7.14. The van der Waals surface area contributed by atoms with Gasteiger partial charge in [0.1, 0.15) is 7.14 Å². The number of aromatic nitrogens is 2. The molecule has 42 heavy (non-hydrogen) atoms. The Kier molecular flexibility index (Phi) is 8.75. The summed E-state index contributed by atoms with van der Waals surface area (Å²) < 4.78 is 50.0. The molecule has 0 amide bonds. The molecule has 10 nitrogen and oxygen atoms in total. The van der Waals surface area contributed by atoms with Crippen molar-refractivity contribution in [2.75, 3.05) is 49.1 Å². The topological polar surface area (TPSA) is 143 Å². The van der Waals surface area contributed by atoms with Crippen molar-refractivity contribution in [3.63, 3.8) is 0 Å². The lowest BCUT2D eigenvalue weighted by molar-refractivity contribution is -0.192. The van der Waals surface area contributed by atoms with Crippen LogP contribution in [0.3, 0.4) is 0 Å². The molecule has 1 spiro atoms. The minimum absolute atomic E-state index is 0.385. The number of carboxylic acid groups (broad SMARTS) is 1. The second kappa shape index (κ2) is 11.8. The van der Waals surface area contributed by atoms with Crippen molar-refractivity contribution >= 4 is 47.2 Å². The maximum absolute atomic E-state index is 12.8. The van der Waals surface area contributed by atoms with E-state index in [9.17, 15) is 17.7 Å². The molecule has 2 fully saturated rings. The van der Waals surface area contributed by atoms with Crippen molar-refractivity contribution in [2.45, 2.75) is 32.0 Å². The summed E-state index contributed by atoms with van der Waals surface area (Å²) in [6.07, 6.45) is -1.17. The SMILES string of the molecule is COc1cnc(Nc2ccc(N3CC4(CC(N)C4)C3)c(C)c2)nc1Nc1ccccc1P(C)(C)=O.O=C(O)C(F)(F)F. The van der Waals surface area contributed by atoms with Crippen LogP contribution in [0.4, 0.5) is 42.0 Å². The largest absolute Gasteiger partial charge is 0.491 e. The van der Waals surface area contributed by atoms with Crippen LogP contribution in [0.2, 0.25) is 0 Å². The minimum atomic E-state index is -5.08. The molecule has 1 aliphatic heterocycles. The highest BCUT2D eigenvalue weighted by Crippen LogP contribution is 2.49. The van der Waals surface area contributed by atoms with Crippen LogP contribution in [0.1, 0.15) is 18.4 Å². The third-order valence-electron chi connectivity index (χ3n) is 7.19. The van der Waals surface area contributed by atoms with Crippen LogP contribution < -0.4 is 31.3 Å². The second-order valence-electron chi connectivity index (χ2n) is 11.1. The lowest BCUT2D eigenvalue weighted by Gasteiger charge is -2.59. The maximum Gasteiger partial charge on any atom is 0.490 e. The molecular weight excluding hydrogens is 572 g/mol. The summed E-state index contributed by atoms with van der Waals surface area (Å²) in [6, 6.07) is 14.3. The number of methoxy groups -OCH3 is 1. The van der Waals surface area contributed by atoms with Gasteiger partial charge in [-0.25, -0.2) is 9.78 Å². The smallest absolute Gasteiger partial charge is 0.490 e. The van der Waals surface area contributed by atoms with Gasteiger partial charge in [-0.05, 0) is 69.0 Å². The van der Waals surface area contributed by atoms with Crippen molar-refractivity contribution in [3.8, 4) is 5.75 Å². The number of anilines is 5. The fraction of sp³-hybridized carbons (Fsp3) is 0.393. The molecule has 5 N–H and O–H groups in total. The molecule has 2 heterocycles. The third-order valence-corrected chi connectivity index (χ3v) is 8.74. The van der Waals surface area contributed by atoms with Gasteiger partial charge in [0.05, 0.1) is 19.0 Å².